The van der Waals surface area contributed by atoms with E-state index >= 15 is 0 Å². The Bertz CT molecular complexity index is 1140. The van der Waals surface area contributed by atoms with Crippen molar-refractivity contribution in [3.8, 4) is 11.1 Å². The molecule has 2 amide bonds. The summed E-state index contributed by atoms with van der Waals surface area (Å²) in [5, 5.41) is 9.43. The highest BCUT2D eigenvalue weighted by molar-refractivity contribution is 5.96. The van der Waals surface area contributed by atoms with Crippen LogP contribution in [0.15, 0.2) is 66.7 Å². The first-order chi connectivity index (χ1) is 15.5. The molecule has 6 nitrogen and oxygen atoms in total. The number of carbonyl (C=O) groups excluding carboxylic acids is 2. The highest BCUT2D eigenvalue weighted by Gasteiger charge is 2.23. The molecule has 0 unspecified atom stereocenters. The lowest BCUT2D eigenvalue weighted by Gasteiger charge is -2.23. The second-order valence-electron chi connectivity index (χ2n) is 8.07. The Balaban J connectivity index is 1.63. The zero-order valence-electron chi connectivity index (χ0n) is 18.2. The van der Waals surface area contributed by atoms with Crippen molar-refractivity contribution in [1.82, 2.24) is 4.90 Å². The highest BCUT2D eigenvalue weighted by atomic mass is 16.5. The van der Waals surface area contributed by atoms with Crippen LogP contribution in [0.2, 0.25) is 0 Å². The Hall–Kier alpha value is -3.48. The number of fused-ring (bicyclic) bond motifs is 1. The Morgan fingerprint density at radius 2 is 1.72 bits per heavy atom. The van der Waals surface area contributed by atoms with Crippen LogP contribution in [0.4, 0.5) is 5.69 Å². The molecule has 0 atom stereocenters. The minimum absolute atomic E-state index is 0.0108. The van der Waals surface area contributed by atoms with E-state index in [1.165, 1.54) is 4.90 Å². The van der Waals surface area contributed by atoms with E-state index in [-0.39, 0.29) is 25.0 Å². The first-order valence-electron chi connectivity index (χ1n) is 10.5. The SMILES string of the molecule is CN(C)C(=O)c1ccc(CN2C(=O)COCc3cc(-c4cccc(CO)c4)ccc32)cc1. The van der Waals surface area contributed by atoms with Gasteiger partial charge in [-0.2, -0.15) is 0 Å². The predicted molar refractivity (Wildman–Crippen MR) is 123 cm³/mol. The maximum atomic E-state index is 12.8. The molecule has 1 N–H and O–H groups in total. The molecule has 0 radical (unpaired) electrons. The molecule has 0 spiro atoms. The fourth-order valence-electron chi connectivity index (χ4n) is 3.82. The van der Waals surface area contributed by atoms with Crippen molar-refractivity contribution in [1.29, 1.82) is 0 Å². The number of aliphatic hydroxyl groups is 1. The van der Waals surface area contributed by atoms with Gasteiger partial charge in [-0.25, -0.2) is 0 Å². The van der Waals surface area contributed by atoms with Crippen LogP contribution in [0.3, 0.4) is 0 Å². The Kier molecular flexibility index (Phi) is 6.35. The summed E-state index contributed by atoms with van der Waals surface area (Å²) in [5.41, 5.74) is 6.15. The van der Waals surface area contributed by atoms with Crippen molar-refractivity contribution in [2.24, 2.45) is 0 Å². The first kappa shape index (κ1) is 21.7. The van der Waals surface area contributed by atoms with Gasteiger partial charge in [-0.1, -0.05) is 36.4 Å². The van der Waals surface area contributed by atoms with Gasteiger partial charge in [0.15, 0.2) is 0 Å². The third-order valence-electron chi connectivity index (χ3n) is 5.55. The van der Waals surface area contributed by atoms with Gasteiger partial charge in [0.05, 0.1) is 19.8 Å². The molecule has 3 aromatic carbocycles. The molecule has 32 heavy (non-hydrogen) atoms. The number of amides is 2. The number of benzene rings is 3. The van der Waals surface area contributed by atoms with Crippen molar-refractivity contribution < 1.29 is 19.4 Å². The van der Waals surface area contributed by atoms with Gasteiger partial charge in [0.25, 0.3) is 11.8 Å². The summed E-state index contributed by atoms with van der Waals surface area (Å²) in [6.07, 6.45) is 0. The second-order valence-corrected chi connectivity index (χ2v) is 8.07. The molecule has 1 heterocycles. The molecule has 164 valence electrons. The summed E-state index contributed by atoms with van der Waals surface area (Å²) in [7, 11) is 3.44. The van der Waals surface area contributed by atoms with Crippen molar-refractivity contribution in [3.63, 3.8) is 0 Å². The Morgan fingerprint density at radius 1 is 0.969 bits per heavy atom. The van der Waals surface area contributed by atoms with Crippen molar-refractivity contribution >= 4 is 17.5 Å². The topological polar surface area (TPSA) is 70.1 Å². The number of aliphatic hydroxyl groups excluding tert-OH is 1. The number of rotatable bonds is 5. The second kappa shape index (κ2) is 9.34. The van der Waals surface area contributed by atoms with Crippen LogP contribution in [0, 0.1) is 0 Å². The molecule has 3 aromatic rings. The van der Waals surface area contributed by atoms with Crippen molar-refractivity contribution in [3.05, 3.63) is 89.0 Å². The molecule has 1 aliphatic heterocycles. The minimum Gasteiger partial charge on any atom is -0.392 e. The fourth-order valence-corrected chi connectivity index (χ4v) is 3.82. The molecule has 6 heteroatoms. The van der Waals surface area contributed by atoms with Gasteiger partial charge < -0.3 is 19.6 Å². The highest BCUT2D eigenvalue weighted by Crippen LogP contribution is 2.31. The average molecular weight is 431 g/mol. The maximum Gasteiger partial charge on any atom is 0.253 e. The smallest absolute Gasteiger partial charge is 0.253 e. The minimum atomic E-state index is -0.104. The summed E-state index contributed by atoms with van der Waals surface area (Å²) in [6.45, 7) is 0.747. The van der Waals surface area contributed by atoms with Gasteiger partial charge >= 0.3 is 0 Å². The average Bonchev–Trinajstić information content (AvgIpc) is 2.97. The number of ether oxygens (including phenoxy) is 1. The third-order valence-corrected chi connectivity index (χ3v) is 5.55. The lowest BCUT2D eigenvalue weighted by atomic mass is 9.99. The van der Waals surface area contributed by atoms with Gasteiger partial charge in [0.2, 0.25) is 0 Å². The van der Waals surface area contributed by atoms with Crippen LogP contribution in [-0.4, -0.2) is 42.5 Å². The third kappa shape index (κ3) is 4.56. The zero-order valence-corrected chi connectivity index (χ0v) is 18.2. The molecular weight excluding hydrogens is 404 g/mol. The standard InChI is InChI=1S/C26H26N2O4/c1-27(2)26(31)20-8-6-18(7-9-20)14-28-24-11-10-22(13-23(24)16-32-17-25(28)30)21-5-3-4-19(12-21)15-29/h3-13,29H,14-17H2,1-2H3. The number of anilines is 1. The molecule has 1 aliphatic rings. The first-order valence-corrected chi connectivity index (χ1v) is 10.5. The molecule has 0 saturated heterocycles. The van der Waals surface area contributed by atoms with Crippen molar-refractivity contribution in [2.75, 3.05) is 25.6 Å². The van der Waals surface area contributed by atoms with Crippen LogP contribution in [0.5, 0.6) is 0 Å². The van der Waals surface area contributed by atoms with Crippen LogP contribution in [0.25, 0.3) is 11.1 Å². The number of hydrogen-bond donors (Lipinski definition) is 1. The van der Waals surface area contributed by atoms with E-state index in [0.717, 1.165) is 33.5 Å². The van der Waals surface area contributed by atoms with E-state index in [9.17, 15) is 14.7 Å². The summed E-state index contributed by atoms with van der Waals surface area (Å²) in [4.78, 5) is 28.2. The van der Waals surface area contributed by atoms with Crippen molar-refractivity contribution in [2.45, 2.75) is 19.8 Å². The predicted octanol–water partition coefficient (Wildman–Crippen LogP) is 3.61. The van der Waals surface area contributed by atoms with Crippen LogP contribution in [-0.2, 0) is 29.3 Å². The summed E-state index contributed by atoms with van der Waals surface area (Å²) >= 11 is 0. The quantitative estimate of drug-likeness (QED) is 0.671. The van der Waals surface area contributed by atoms with Gasteiger partial charge in [0.1, 0.15) is 6.61 Å². The summed E-state index contributed by atoms with van der Waals surface area (Å²) < 4.78 is 5.63. The molecule has 0 saturated carbocycles. The van der Waals surface area contributed by atoms with Gasteiger partial charge in [-0.3, -0.25) is 9.59 Å². The van der Waals surface area contributed by atoms with Crippen LogP contribution >= 0.6 is 0 Å². The lowest BCUT2D eigenvalue weighted by molar-refractivity contribution is -0.123. The monoisotopic (exact) mass is 430 g/mol. The van der Waals surface area contributed by atoms with E-state index in [0.29, 0.717) is 18.7 Å². The number of nitrogens with zero attached hydrogens (tertiary/aromatic N) is 2. The Morgan fingerprint density at radius 3 is 2.44 bits per heavy atom. The molecule has 0 aromatic heterocycles. The molecule has 0 bridgehead atoms. The van der Waals surface area contributed by atoms with E-state index in [1.54, 1.807) is 31.1 Å². The summed E-state index contributed by atoms with van der Waals surface area (Å²) in [5.74, 6) is -0.161. The van der Waals surface area contributed by atoms with E-state index in [1.807, 2.05) is 54.6 Å². The van der Waals surface area contributed by atoms with Crippen LogP contribution in [0.1, 0.15) is 27.0 Å². The fraction of sp³-hybridized carbons (Fsp3) is 0.231. The molecule has 4 rings (SSSR count). The van der Waals surface area contributed by atoms with Gasteiger partial charge in [-0.05, 0) is 52.6 Å². The van der Waals surface area contributed by atoms with E-state index < -0.39 is 0 Å². The van der Waals surface area contributed by atoms with E-state index in [2.05, 4.69) is 0 Å². The van der Waals surface area contributed by atoms with Gasteiger partial charge in [0, 0.05) is 30.9 Å². The number of carbonyl (C=O) groups is 2. The Labute approximate surface area is 187 Å². The zero-order chi connectivity index (χ0) is 22.7. The summed E-state index contributed by atoms with van der Waals surface area (Å²) in [6, 6.07) is 21.1. The molecular formula is C26H26N2O4. The van der Waals surface area contributed by atoms with Crippen LogP contribution < -0.4 is 4.90 Å². The largest absolute Gasteiger partial charge is 0.392 e. The molecule has 0 fully saturated rings. The maximum absolute atomic E-state index is 12.8. The normalized spacial score (nSPS) is 13.5. The lowest BCUT2D eigenvalue weighted by Crippen LogP contribution is -2.32. The molecule has 0 aliphatic carbocycles. The van der Waals surface area contributed by atoms with E-state index in [4.69, 9.17) is 4.74 Å². The number of hydrogen-bond acceptors (Lipinski definition) is 4. The van der Waals surface area contributed by atoms with Gasteiger partial charge in [-0.15, -0.1) is 0 Å².